The number of aliphatic imine (C=N–C) groups is 1. The van der Waals surface area contributed by atoms with E-state index in [1.54, 1.807) is 0 Å². The summed E-state index contributed by atoms with van der Waals surface area (Å²) in [5, 5.41) is 6.76. The molecule has 0 radical (unpaired) electrons. The Labute approximate surface area is 170 Å². The van der Waals surface area contributed by atoms with Crippen LogP contribution in [0.3, 0.4) is 0 Å². The van der Waals surface area contributed by atoms with E-state index in [2.05, 4.69) is 34.4 Å². The van der Waals surface area contributed by atoms with Crippen LogP contribution >= 0.6 is 24.0 Å². The summed E-state index contributed by atoms with van der Waals surface area (Å²) in [4.78, 5) is 7.19. The maximum Gasteiger partial charge on any atom is 0.191 e. The summed E-state index contributed by atoms with van der Waals surface area (Å²) >= 11 is 0. The zero-order valence-electron chi connectivity index (χ0n) is 16.0. The molecule has 1 saturated carbocycles. The average molecular weight is 468 g/mol. The third-order valence-electron chi connectivity index (χ3n) is 4.60. The van der Waals surface area contributed by atoms with E-state index in [0.29, 0.717) is 5.92 Å². The van der Waals surface area contributed by atoms with Gasteiger partial charge >= 0.3 is 0 Å². The second-order valence-electron chi connectivity index (χ2n) is 6.71. The summed E-state index contributed by atoms with van der Waals surface area (Å²) < 4.78 is 11.1. The number of nitrogens with one attached hydrogen (secondary N) is 2. The Morgan fingerprint density at radius 2 is 2.08 bits per heavy atom. The quantitative estimate of drug-likeness (QED) is 0.199. The van der Waals surface area contributed by atoms with Crippen LogP contribution in [-0.4, -0.2) is 76.1 Å². The minimum Gasteiger partial charge on any atom is -0.381 e. The summed E-state index contributed by atoms with van der Waals surface area (Å²) in [6.45, 7) is 12.6. The number of nitrogens with zero attached hydrogens (tertiary/aromatic N) is 2. The first-order chi connectivity index (χ1) is 11.8. The monoisotopic (exact) mass is 468 g/mol. The van der Waals surface area contributed by atoms with Crippen LogP contribution in [0.4, 0.5) is 0 Å². The molecular formula is C18H37IN4O2. The predicted octanol–water partition coefficient (Wildman–Crippen LogP) is 2.09. The summed E-state index contributed by atoms with van der Waals surface area (Å²) in [5.74, 6) is 1.52. The smallest absolute Gasteiger partial charge is 0.191 e. The lowest BCUT2D eigenvalue weighted by Gasteiger charge is -2.20. The first-order valence-corrected chi connectivity index (χ1v) is 9.75. The summed E-state index contributed by atoms with van der Waals surface area (Å²) in [6, 6.07) is 0.832. The summed E-state index contributed by atoms with van der Waals surface area (Å²) in [5.41, 5.74) is 0. The molecule has 0 aromatic heterocycles. The molecule has 0 aromatic rings. The molecule has 1 aliphatic heterocycles. The van der Waals surface area contributed by atoms with E-state index in [1.807, 2.05) is 0 Å². The van der Waals surface area contributed by atoms with Crippen molar-refractivity contribution < 1.29 is 9.47 Å². The number of likely N-dealkylation sites (N-methyl/N-ethyl adjacent to an activating group) is 1. The standard InChI is InChI=1S/C18H36N4O2.HI/c1-3-19-18(21-10-11-22(4-2)17-6-7-17)20-9-5-12-23-14-16-8-13-24-15-16;/h16-17H,3-15H2,1-2H3,(H2,19,20,21);1H. The number of rotatable bonds is 12. The second-order valence-corrected chi connectivity index (χ2v) is 6.71. The number of hydrogen-bond donors (Lipinski definition) is 2. The van der Waals surface area contributed by atoms with E-state index in [9.17, 15) is 0 Å². The number of guanidine groups is 1. The van der Waals surface area contributed by atoms with Gasteiger partial charge in [0.25, 0.3) is 0 Å². The first-order valence-electron chi connectivity index (χ1n) is 9.75. The highest BCUT2D eigenvalue weighted by Gasteiger charge is 2.27. The van der Waals surface area contributed by atoms with Gasteiger partial charge in [-0.05, 0) is 39.2 Å². The molecule has 0 spiro atoms. The van der Waals surface area contributed by atoms with Crippen LogP contribution in [0.15, 0.2) is 4.99 Å². The van der Waals surface area contributed by atoms with Crippen LogP contribution in [0.25, 0.3) is 0 Å². The maximum atomic E-state index is 5.72. The minimum atomic E-state index is 0. The molecule has 7 heteroatoms. The van der Waals surface area contributed by atoms with Crippen molar-refractivity contribution in [2.24, 2.45) is 10.9 Å². The van der Waals surface area contributed by atoms with E-state index < -0.39 is 0 Å². The SMILES string of the molecule is CCNC(=NCCCOCC1CCOC1)NCCN(CC)C1CC1.I. The van der Waals surface area contributed by atoms with Crippen molar-refractivity contribution in [3.05, 3.63) is 0 Å². The normalized spacial score (nSPS) is 20.6. The molecule has 148 valence electrons. The van der Waals surface area contributed by atoms with Gasteiger partial charge in [0.1, 0.15) is 0 Å². The van der Waals surface area contributed by atoms with Crippen LogP contribution < -0.4 is 10.6 Å². The molecular weight excluding hydrogens is 431 g/mol. The van der Waals surface area contributed by atoms with Gasteiger partial charge in [-0.2, -0.15) is 0 Å². The van der Waals surface area contributed by atoms with Crippen molar-refractivity contribution in [3.63, 3.8) is 0 Å². The molecule has 0 bridgehead atoms. The van der Waals surface area contributed by atoms with E-state index >= 15 is 0 Å². The minimum absolute atomic E-state index is 0. The van der Waals surface area contributed by atoms with Crippen molar-refractivity contribution in [2.75, 3.05) is 59.2 Å². The van der Waals surface area contributed by atoms with Crippen molar-refractivity contribution in [2.45, 2.75) is 45.6 Å². The van der Waals surface area contributed by atoms with Gasteiger partial charge in [0.05, 0.1) is 13.2 Å². The lowest BCUT2D eigenvalue weighted by atomic mass is 10.1. The topological polar surface area (TPSA) is 58.1 Å². The van der Waals surface area contributed by atoms with Gasteiger partial charge in [-0.1, -0.05) is 6.92 Å². The van der Waals surface area contributed by atoms with Crippen molar-refractivity contribution in [1.82, 2.24) is 15.5 Å². The zero-order chi connectivity index (χ0) is 17.0. The molecule has 1 heterocycles. The van der Waals surface area contributed by atoms with Crippen LogP contribution in [0.1, 0.15) is 39.5 Å². The molecule has 6 nitrogen and oxygen atoms in total. The van der Waals surface area contributed by atoms with E-state index in [4.69, 9.17) is 9.47 Å². The van der Waals surface area contributed by atoms with Gasteiger partial charge in [0.15, 0.2) is 5.96 Å². The van der Waals surface area contributed by atoms with Crippen LogP contribution in [-0.2, 0) is 9.47 Å². The number of hydrogen-bond acceptors (Lipinski definition) is 4. The largest absolute Gasteiger partial charge is 0.381 e. The maximum absolute atomic E-state index is 5.72. The molecule has 2 aliphatic rings. The Bertz CT molecular complexity index is 361. The zero-order valence-corrected chi connectivity index (χ0v) is 18.3. The van der Waals surface area contributed by atoms with Crippen molar-refractivity contribution >= 4 is 29.9 Å². The fourth-order valence-electron chi connectivity index (χ4n) is 3.02. The molecule has 1 aliphatic carbocycles. The Kier molecular flexibility index (Phi) is 12.8. The third-order valence-corrected chi connectivity index (χ3v) is 4.60. The van der Waals surface area contributed by atoms with Gasteiger partial charge in [-0.3, -0.25) is 9.89 Å². The molecule has 25 heavy (non-hydrogen) atoms. The first kappa shape index (κ1) is 22.9. The molecule has 1 unspecified atom stereocenters. The molecule has 2 rings (SSSR count). The third kappa shape index (κ3) is 9.96. The predicted molar refractivity (Wildman–Crippen MR) is 114 cm³/mol. The van der Waals surface area contributed by atoms with Crippen LogP contribution in [0.5, 0.6) is 0 Å². The highest BCUT2D eigenvalue weighted by atomic mass is 127. The second kappa shape index (κ2) is 14.0. The van der Waals surface area contributed by atoms with E-state index in [-0.39, 0.29) is 24.0 Å². The van der Waals surface area contributed by atoms with Gasteiger partial charge in [0.2, 0.25) is 0 Å². The lowest BCUT2D eigenvalue weighted by molar-refractivity contribution is 0.0893. The van der Waals surface area contributed by atoms with Crippen molar-refractivity contribution in [3.8, 4) is 0 Å². The fourth-order valence-corrected chi connectivity index (χ4v) is 3.02. The Balaban J connectivity index is 0.00000312. The Morgan fingerprint density at radius 1 is 1.24 bits per heavy atom. The Hall–Kier alpha value is -0.120. The Morgan fingerprint density at radius 3 is 2.72 bits per heavy atom. The van der Waals surface area contributed by atoms with E-state index in [1.165, 1.54) is 12.8 Å². The van der Waals surface area contributed by atoms with Crippen LogP contribution in [0, 0.1) is 5.92 Å². The lowest BCUT2D eigenvalue weighted by Crippen LogP contribution is -2.42. The fraction of sp³-hybridized carbons (Fsp3) is 0.944. The molecule has 2 fully saturated rings. The number of ether oxygens (including phenoxy) is 2. The van der Waals surface area contributed by atoms with Gasteiger partial charge in [-0.15, -0.1) is 24.0 Å². The summed E-state index contributed by atoms with van der Waals surface area (Å²) in [6.07, 6.45) is 4.85. The van der Waals surface area contributed by atoms with Gasteiger partial charge < -0.3 is 20.1 Å². The van der Waals surface area contributed by atoms with Crippen molar-refractivity contribution in [1.29, 1.82) is 0 Å². The van der Waals surface area contributed by atoms with Crippen LogP contribution in [0.2, 0.25) is 0 Å². The molecule has 2 N–H and O–H groups in total. The summed E-state index contributed by atoms with van der Waals surface area (Å²) in [7, 11) is 0. The molecule has 1 saturated heterocycles. The molecule has 1 atom stereocenters. The average Bonchev–Trinajstić information content (AvgIpc) is 3.30. The van der Waals surface area contributed by atoms with Gasteiger partial charge in [-0.25, -0.2) is 0 Å². The molecule has 0 aromatic carbocycles. The van der Waals surface area contributed by atoms with Gasteiger partial charge in [0, 0.05) is 51.4 Å². The number of halogens is 1. The molecule has 0 amide bonds. The van der Waals surface area contributed by atoms with E-state index in [0.717, 1.165) is 84.0 Å². The highest BCUT2D eigenvalue weighted by Crippen LogP contribution is 2.25. The highest BCUT2D eigenvalue weighted by molar-refractivity contribution is 14.0.